The van der Waals surface area contributed by atoms with Gasteiger partial charge in [0.25, 0.3) is 0 Å². The first kappa shape index (κ1) is 17.2. The summed E-state index contributed by atoms with van der Waals surface area (Å²) in [6.07, 6.45) is 4.73. The Kier molecular flexibility index (Phi) is 3.90. The van der Waals surface area contributed by atoms with Crippen LogP contribution in [-0.4, -0.2) is 16.1 Å². The van der Waals surface area contributed by atoms with Crippen LogP contribution in [0.15, 0.2) is 65.2 Å². The smallest absolute Gasteiger partial charge is 0.310 e. The molecule has 1 aromatic heterocycles. The van der Waals surface area contributed by atoms with Gasteiger partial charge in [-0.15, -0.1) is 0 Å². The first-order valence-electron chi connectivity index (χ1n) is 9.99. The summed E-state index contributed by atoms with van der Waals surface area (Å²) in [6, 6.07) is 18.2. The van der Waals surface area contributed by atoms with Crippen molar-refractivity contribution in [1.82, 2.24) is 4.98 Å². The summed E-state index contributed by atoms with van der Waals surface area (Å²) in [5.74, 6) is 1.40. The molecule has 2 aliphatic carbocycles. The van der Waals surface area contributed by atoms with Gasteiger partial charge in [-0.05, 0) is 30.4 Å². The second-order valence-corrected chi connectivity index (χ2v) is 8.02. The monoisotopic (exact) mass is 373 g/mol. The van der Waals surface area contributed by atoms with Crippen molar-refractivity contribution in [3.63, 3.8) is 0 Å². The lowest BCUT2D eigenvalue weighted by atomic mass is 9.94. The van der Waals surface area contributed by atoms with Crippen molar-refractivity contribution >= 4 is 5.97 Å². The van der Waals surface area contributed by atoms with Crippen molar-refractivity contribution in [3.8, 4) is 11.3 Å². The third kappa shape index (κ3) is 2.59. The third-order valence-electron chi connectivity index (χ3n) is 6.48. The minimum Gasteiger partial charge on any atom is -0.481 e. The zero-order valence-corrected chi connectivity index (χ0v) is 15.8. The van der Waals surface area contributed by atoms with E-state index in [2.05, 4.69) is 17.1 Å². The van der Waals surface area contributed by atoms with Crippen LogP contribution in [0, 0.1) is 5.41 Å². The highest BCUT2D eigenvalue weighted by Crippen LogP contribution is 2.72. The molecule has 4 nitrogen and oxygen atoms in total. The van der Waals surface area contributed by atoms with Gasteiger partial charge in [-0.2, -0.15) is 0 Å². The lowest BCUT2D eigenvalue weighted by Gasteiger charge is -2.10. The lowest BCUT2D eigenvalue weighted by Crippen LogP contribution is -2.17. The van der Waals surface area contributed by atoms with Gasteiger partial charge in [0.2, 0.25) is 0 Å². The van der Waals surface area contributed by atoms with Crippen molar-refractivity contribution in [1.29, 1.82) is 0 Å². The van der Waals surface area contributed by atoms with E-state index < -0.39 is 11.4 Å². The predicted molar refractivity (Wildman–Crippen MR) is 106 cm³/mol. The van der Waals surface area contributed by atoms with Crippen LogP contribution in [0.2, 0.25) is 0 Å². The zero-order chi connectivity index (χ0) is 19.3. The number of benzene rings is 2. The molecule has 1 heterocycles. The molecule has 3 atom stereocenters. The average molecular weight is 373 g/mol. The van der Waals surface area contributed by atoms with Crippen molar-refractivity contribution in [3.05, 3.63) is 77.8 Å². The zero-order valence-electron chi connectivity index (χ0n) is 15.8. The fourth-order valence-electron chi connectivity index (χ4n) is 4.73. The van der Waals surface area contributed by atoms with E-state index in [1.54, 1.807) is 6.20 Å². The number of oxazole rings is 1. The van der Waals surface area contributed by atoms with Gasteiger partial charge in [0, 0.05) is 23.3 Å². The molecule has 0 aliphatic heterocycles. The number of hydrogen-bond donors (Lipinski definition) is 1. The fraction of sp³-hybridized carbons (Fsp3) is 0.333. The Morgan fingerprint density at radius 1 is 1.07 bits per heavy atom. The molecule has 28 heavy (non-hydrogen) atoms. The van der Waals surface area contributed by atoms with Gasteiger partial charge in [-0.3, -0.25) is 4.79 Å². The van der Waals surface area contributed by atoms with Crippen molar-refractivity contribution in [2.45, 2.75) is 43.9 Å². The number of rotatable bonds is 6. The Balaban J connectivity index is 1.46. The fourth-order valence-corrected chi connectivity index (χ4v) is 4.73. The number of carboxylic acids is 1. The molecule has 142 valence electrons. The second-order valence-electron chi connectivity index (χ2n) is 8.02. The molecule has 2 fully saturated rings. The van der Waals surface area contributed by atoms with E-state index in [0.717, 1.165) is 41.2 Å². The molecular formula is C24H23NO3. The van der Waals surface area contributed by atoms with Crippen LogP contribution in [0.1, 0.15) is 61.0 Å². The second kappa shape index (κ2) is 6.33. The van der Waals surface area contributed by atoms with E-state index in [4.69, 9.17) is 4.42 Å². The molecule has 3 unspecified atom stereocenters. The minimum atomic E-state index is -0.728. The molecule has 5 rings (SSSR count). The molecule has 0 saturated heterocycles. The van der Waals surface area contributed by atoms with Gasteiger partial charge in [0.1, 0.15) is 0 Å². The summed E-state index contributed by atoms with van der Waals surface area (Å²) in [4.78, 5) is 16.6. The molecule has 1 N–H and O–H groups in total. The van der Waals surface area contributed by atoms with Gasteiger partial charge in [0.15, 0.2) is 11.7 Å². The molecule has 0 spiro atoms. The number of nitrogens with zero attached hydrogens (tertiary/aromatic N) is 1. The quantitative estimate of drug-likeness (QED) is 0.612. The van der Waals surface area contributed by atoms with Crippen LogP contribution in [-0.2, 0) is 4.79 Å². The first-order valence-corrected chi connectivity index (χ1v) is 9.99. The SMILES string of the molecule is CCC1(C(=O)O)C(c2ccccc2)C1c1ccc(-c2cnc(C3CC3)o2)cc1. The van der Waals surface area contributed by atoms with E-state index >= 15 is 0 Å². The lowest BCUT2D eigenvalue weighted by molar-refractivity contribution is -0.143. The maximum atomic E-state index is 12.2. The third-order valence-corrected chi connectivity index (χ3v) is 6.48. The van der Waals surface area contributed by atoms with Crippen LogP contribution in [0.5, 0.6) is 0 Å². The van der Waals surface area contributed by atoms with Crippen molar-refractivity contribution in [2.75, 3.05) is 0 Å². The number of carboxylic acid groups (broad SMARTS) is 1. The summed E-state index contributed by atoms with van der Waals surface area (Å²) in [5.41, 5.74) is 2.43. The number of aliphatic carboxylic acids is 1. The average Bonchev–Trinajstić information content (AvgIpc) is 3.64. The summed E-state index contributed by atoms with van der Waals surface area (Å²) >= 11 is 0. The highest BCUT2D eigenvalue weighted by Gasteiger charge is 2.69. The van der Waals surface area contributed by atoms with E-state index in [9.17, 15) is 9.90 Å². The Morgan fingerprint density at radius 2 is 1.71 bits per heavy atom. The van der Waals surface area contributed by atoms with E-state index in [-0.39, 0.29) is 11.8 Å². The van der Waals surface area contributed by atoms with Gasteiger partial charge in [-0.25, -0.2) is 4.98 Å². The first-order chi connectivity index (χ1) is 13.6. The largest absolute Gasteiger partial charge is 0.481 e. The molecule has 2 aliphatic rings. The predicted octanol–water partition coefficient (Wildman–Crippen LogP) is 5.58. The molecule has 0 bridgehead atoms. The molecule has 0 amide bonds. The molecule has 0 radical (unpaired) electrons. The molecule has 2 saturated carbocycles. The maximum Gasteiger partial charge on any atom is 0.310 e. The topological polar surface area (TPSA) is 63.3 Å². The van der Waals surface area contributed by atoms with Crippen molar-refractivity contribution < 1.29 is 14.3 Å². The summed E-state index contributed by atoms with van der Waals surface area (Å²) in [6.45, 7) is 1.98. The molecular weight excluding hydrogens is 350 g/mol. The minimum absolute atomic E-state index is 0.00815. The summed E-state index contributed by atoms with van der Waals surface area (Å²) in [5, 5.41) is 10.0. The Bertz CT molecular complexity index is 1000. The van der Waals surface area contributed by atoms with Gasteiger partial charge in [-0.1, -0.05) is 61.5 Å². The maximum absolute atomic E-state index is 12.2. The van der Waals surface area contributed by atoms with E-state index in [1.807, 2.05) is 49.4 Å². The van der Waals surface area contributed by atoms with E-state index in [0.29, 0.717) is 12.3 Å². The van der Waals surface area contributed by atoms with Crippen LogP contribution in [0.25, 0.3) is 11.3 Å². The highest BCUT2D eigenvalue weighted by atomic mass is 16.4. The van der Waals surface area contributed by atoms with Gasteiger partial charge >= 0.3 is 5.97 Å². The molecule has 4 heteroatoms. The van der Waals surface area contributed by atoms with Crippen LogP contribution >= 0.6 is 0 Å². The van der Waals surface area contributed by atoms with Gasteiger partial charge < -0.3 is 9.52 Å². The molecule has 3 aromatic rings. The Hall–Kier alpha value is -2.88. The number of carbonyl (C=O) groups is 1. The van der Waals surface area contributed by atoms with Crippen molar-refractivity contribution in [2.24, 2.45) is 5.41 Å². The summed E-state index contributed by atoms with van der Waals surface area (Å²) < 4.78 is 5.90. The van der Waals surface area contributed by atoms with Crippen LogP contribution < -0.4 is 0 Å². The number of aromatic nitrogens is 1. The van der Waals surface area contributed by atoms with E-state index in [1.165, 1.54) is 0 Å². The van der Waals surface area contributed by atoms with Crippen LogP contribution in [0.4, 0.5) is 0 Å². The standard InChI is InChI=1S/C24H23NO3/c1-2-24(23(26)27)20(16-6-4-3-5-7-16)21(24)17-10-8-15(9-11-17)19-14-25-22(28-19)18-12-13-18/h3-11,14,18,20-21H,2,12-13H2,1H3,(H,26,27). The van der Waals surface area contributed by atoms with Gasteiger partial charge in [0.05, 0.1) is 11.6 Å². The highest BCUT2D eigenvalue weighted by molar-refractivity contribution is 5.84. The summed E-state index contributed by atoms with van der Waals surface area (Å²) in [7, 11) is 0. The normalized spacial score (nSPS) is 26.2. The van der Waals surface area contributed by atoms with Crippen LogP contribution in [0.3, 0.4) is 0 Å². The Morgan fingerprint density at radius 3 is 2.29 bits per heavy atom. The number of hydrogen-bond acceptors (Lipinski definition) is 3. The Labute approximate surface area is 164 Å². The molecule has 2 aromatic carbocycles.